The van der Waals surface area contributed by atoms with Crippen LogP contribution in [0.25, 0.3) is 0 Å². The maximum Gasteiger partial charge on any atom is 0.252 e. The number of halogens is 1. The third-order valence-corrected chi connectivity index (χ3v) is 4.22. The van der Waals surface area contributed by atoms with Crippen LogP contribution < -0.4 is 10.6 Å². The lowest BCUT2D eigenvalue weighted by atomic mass is 9.90. The highest BCUT2D eigenvalue weighted by molar-refractivity contribution is 5.85. The second kappa shape index (κ2) is 7.00. The largest absolute Gasteiger partial charge is 0.368 e. The highest BCUT2D eigenvalue weighted by Crippen LogP contribution is 2.23. The lowest BCUT2D eigenvalue weighted by molar-refractivity contribution is -0.146. The monoisotopic (exact) mass is 294 g/mol. The molecule has 0 radical (unpaired) electrons. The molecule has 1 aliphatic heterocycles. The first-order chi connectivity index (χ1) is 10.1. The molecular weight excluding hydrogens is 271 g/mol. The molecule has 21 heavy (non-hydrogen) atoms. The summed E-state index contributed by atoms with van der Waals surface area (Å²) in [5, 5.41) is 6.20. The predicted octanol–water partition coefficient (Wildman–Crippen LogP) is 1.81. The third kappa shape index (κ3) is 3.80. The van der Waals surface area contributed by atoms with E-state index in [0.29, 0.717) is 19.4 Å². The van der Waals surface area contributed by atoms with Crippen molar-refractivity contribution in [2.45, 2.75) is 31.3 Å². The number of benzene rings is 1. The number of carbonyl (C=O) groups is 1. The van der Waals surface area contributed by atoms with Gasteiger partial charge in [0, 0.05) is 13.7 Å². The van der Waals surface area contributed by atoms with Crippen molar-refractivity contribution >= 4 is 5.91 Å². The molecule has 2 rings (SSSR count). The van der Waals surface area contributed by atoms with Gasteiger partial charge in [0.25, 0.3) is 5.91 Å². The minimum absolute atomic E-state index is 0.0551. The molecule has 1 aliphatic rings. The summed E-state index contributed by atoms with van der Waals surface area (Å²) < 4.78 is 18.4. The molecule has 2 N–H and O–H groups in total. The number of ether oxygens (including phenoxy) is 1. The zero-order chi connectivity index (χ0) is 15.3. The van der Waals surface area contributed by atoms with Gasteiger partial charge in [0.15, 0.2) is 0 Å². The van der Waals surface area contributed by atoms with Crippen LogP contribution in [0.2, 0.25) is 0 Å². The third-order valence-electron chi connectivity index (χ3n) is 4.22. The topological polar surface area (TPSA) is 50.4 Å². The van der Waals surface area contributed by atoms with E-state index in [-0.39, 0.29) is 17.6 Å². The van der Waals surface area contributed by atoms with Gasteiger partial charge in [-0.1, -0.05) is 19.1 Å². The summed E-state index contributed by atoms with van der Waals surface area (Å²) in [6, 6.07) is 6.39. The van der Waals surface area contributed by atoms with Gasteiger partial charge in [0.1, 0.15) is 11.4 Å². The molecule has 0 bridgehead atoms. The quantitative estimate of drug-likeness (QED) is 0.871. The number of hydrogen-bond donors (Lipinski definition) is 2. The minimum atomic E-state index is -0.715. The molecule has 1 amide bonds. The van der Waals surface area contributed by atoms with Gasteiger partial charge in [-0.15, -0.1) is 0 Å². The summed E-state index contributed by atoms with van der Waals surface area (Å²) in [5.41, 5.74) is 0.293. The van der Waals surface area contributed by atoms with Gasteiger partial charge in [-0.2, -0.15) is 0 Å². The van der Waals surface area contributed by atoms with E-state index in [1.165, 1.54) is 12.1 Å². The van der Waals surface area contributed by atoms with Gasteiger partial charge in [0.05, 0.1) is 0 Å². The van der Waals surface area contributed by atoms with E-state index in [4.69, 9.17) is 4.74 Å². The van der Waals surface area contributed by atoms with Gasteiger partial charge < -0.3 is 15.4 Å². The molecule has 1 aromatic carbocycles. The van der Waals surface area contributed by atoms with Crippen molar-refractivity contribution in [3.63, 3.8) is 0 Å². The van der Waals surface area contributed by atoms with Gasteiger partial charge in [-0.05, 0) is 49.5 Å². The summed E-state index contributed by atoms with van der Waals surface area (Å²) in [4.78, 5) is 12.4. The smallest absolute Gasteiger partial charge is 0.252 e. The predicted molar refractivity (Wildman–Crippen MR) is 79.7 cm³/mol. The van der Waals surface area contributed by atoms with Crippen LogP contribution in [0.15, 0.2) is 24.3 Å². The molecule has 0 spiro atoms. The van der Waals surface area contributed by atoms with Crippen molar-refractivity contribution < 1.29 is 13.9 Å². The van der Waals surface area contributed by atoms with Crippen LogP contribution in [-0.2, 0) is 9.53 Å². The molecule has 1 unspecified atom stereocenters. The summed E-state index contributed by atoms with van der Waals surface area (Å²) in [6.45, 7) is 4.10. The fraction of sp³-hybridized carbons (Fsp3) is 0.562. The minimum Gasteiger partial charge on any atom is -0.368 e. The second-order valence-corrected chi connectivity index (χ2v) is 5.61. The Morgan fingerprint density at radius 3 is 2.57 bits per heavy atom. The van der Waals surface area contributed by atoms with Crippen LogP contribution in [-0.4, -0.2) is 38.3 Å². The van der Waals surface area contributed by atoms with Crippen molar-refractivity contribution in [3.05, 3.63) is 35.6 Å². The lowest BCUT2D eigenvalue weighted by Crippen LogP contribution is -2.54. The Labute approximate surface area is 125 Å². The first kappa shape index (κ1) is 15.9. The molecule has 1 atom stereocenters. The lowest BCUT2D eigenvalue weighted by Gasteiger charge is -2.35. The Balaban J connectivity index is 1.92. The highest BCUT2D eigenvalue weighted by atomic mass is 19.1. The molecule has 5 heteroatoms. The molecule has 0 aromatic heterocycles. The number of piperidine rings is 1. The van der Waals surface area contributed by atoms with Crippen LogP contribution >= 0.6 is 0 Å². The second-order valence-electron chi connectivity index (χ2n) is 5.61. The maximum absolute atomic E-state index is 12.9. The van der Waals surface area contributed by atoms with E-state index in [1.54, 1.807) is 19.2 Å². The molecule has 0 saturated carbocycles. The fourth-order valence-corrected chi connectivity index (χ4v) is 2.67. The number of nitrogens with one attached hydrogen (secondary N) is 2. The number of methoxy groups -OCH3 is 1. The first-order valence-electron chi connectivity index (χ1n) is 7.37. The average molecular weight is 294 g/mol. The van der Waals surface area contributed by atoms with Crippen LogP contribution in [0.1, 0.15) is 31.2 Å². The molecule has 1 heterocycles. The molecule has 0 aliphatic carbocycles. The van der Waals surface area contributed by atoms with E-state index >= 15 is 0 Å². The number of carbonyl (C=O) groups excluding carboxylic acids is 1. The maximum atomic E-state index is 12.9. The number of hydrogen-bond acceptors (Lipinski definition) is 3. The normalized spacial score (nSPS) is 19.0. The van der Waals surface area contributed by atoms with Crippen molar-refractivity contribution in [3.8, 4) is 0 Å². The number of rotatable bonds is 5. The molecule has 1 fully saturated rings. The van der Waals surface area contributed by atoms with Crippen molar-refractivity contribution in [1.82, 2.24) is 10.6 Å². The van der Waals surface area contributed by atoms with Crippen LogP contribution in [0.5, 0.6) is 0 Å². The Morgan fingerprint density at radius 1 is 1.38 bits per heavy atom. The Morgan fingerprint density at radius 2 is 2.00 bits per heavy atom. The van der Waals surface area contributed by atoms with Crippen LogP contribution in [0.4, 0.5) is 4.39 Å². The molecular formula is C16H23FN2O2. The van der Waals surface area contributed by atoms with E-state index < -0.39 is 5.60 Å². The van der Waals surface area contributed by atoms with Gasteiger partial charge in [-0.3, -0.25) is 4.79 Å². The summed E-state index contributed by atoms with van der Waals surface area (Å²) in [5.74, 6) is -0.173. The highest BCUT2D eigenvalue weighted by Gasteiger charge is 2.39. The molecule has 1 aromatic rings. The zero-order valence-electron chi connectivity index (χ0n) is 12.6. The van der Waals surface area contributed by atoms with Gasteiger partial charge in [0.2, 0.25) is 0 Å². The first-order valence-corrected chi connectivity index (χ1v) is 7.37. The fourth-order valence-electron chi connectivity index (χ4n) is 2.67. The zero-order valence-corrected chi connectivity index (χ0v) is 12.6. The number of amides is 1. The van der Waals surface area contributed by atoms with Crippen LogP contribution in [0.3, 0.4) is 0 Å². The van der Waals surface area contributed by atoms with E-state index in [0.717, 1.165) is 18.7 Å². The average Bonchev–Trinajstić information content (AvgIpc) is 2.53. The Kier molecular flexibility index (Phi) is 5.31. The molecule has 1 saturated heterocycles. The van der Waals surface area contributed by atoms with Crippen molar-refractivity contribution in [2.24, 2.45) is 0 Å². The van der Waals surface area contributed by atoms with E-state index in [2.05, 4.69) is 10.6 Å². The van der Waals surface area contributed by atoms with Gasteiger partial charge in [-0.25, -0.2) is 4.39 Å². The van der Waals surface area contributed by atoms with Gasteiger partial charge >= 0.3 is 0 Å². The van der Waals surface area contributed by atoms with E-state index in [1.807, 2.05) is 6.92 Å². The SMILES string of the molecule is COC1(C(=O)NCC(C)c2ccc(F)cc2)CCNCC1. The standard InChI is InChI=1S/C16H23FN2O2/c1-12(13-3-5-14(17)6-4-13)11-19-15(20)16(21-2)7-9-18-10-8-16/h3-6,12,18H,7-11H2,1-2H3,(H,19,20). The van der Waals surface area contributed by atoms with Crippen molar-refractivity contribution in [2.75, 3.05) is 26.7 Å². The summed E-state index contributed by atoms with van der Waals surface area (Å²) >= 11 is 0. The van der Waals surface area contributed by atoms with Crippen LogP contribution in [0, 0.1) is 5.82 Å². The molecule has 4 nitrogen and oxygen atoms in total. The summed E-state index contributed by atoms with van der Waals surface area (Å²) in [7, 11) is 1.59. The Hall–Kier alpha value is -1.46. The summed E-state index contributed by atoms with van der Waals surface area (Å²) in [6.07, 6.45) is 1.36. The van der Waals surface area contributed by atoms with E-state index in [9.17, 15) is 9.18 Å². The Bertz CT molecular complexity index is 470. The van der Waals surface area contributed by atoms with Crippen molar-refractivity contribution in [1.29, 1.82) is 0 Å². The molecule has 116 valence electrons.